The molecule has 86 valence electrons. The molecule has 0 spiro atoms. The molecule has 0 N–H and O–H groups in total. The molecule has 0 atom stereocenters. The van der Waals surface area contributed by atoms with Gasteiger partial charge in [-0.15, -0.1) is 0 Å². The molecule has 2 rings (SSSR count). The summed E-state index contributed by atoms with van der Waals surface area (Å²) < 4.78 is 6.24. The summed E-state index contributed by atoms with van der Waals surface area (Å²) in [6, 6.07) is 14.8. The van der Waals surface area contributed by atoms with E-state index in [1.54, 1.807) is 7.11 Å². The number of ketones is 1. The second-order valence-corrected chi connectivity index (χ2v) is 4.79. The highest BCUT2D eigenvalue weighted by Crippen LogP contribution is 2.23. The Balaban J connectivity index is 2.47. The number of carbonyl (C=O) groups is 1. The van der Waals surface area contributed by atoms with E-state index in [0.717, 1.165) is 3.57 Å². The largest absolute Gasteiger partial charge is 0.496 e. The van der Waals surface area contributed by atoms with Gasteiger partial charge in [-0.3, -0.25) is 4.79 Å². The highest BCUT2D eigenvalue weighted by atomic mass is 127. The summed E-state index contributed by atoms with van der Waals surface area (Å²) >= 11 is 2.18. The number of halogens is 1. The van der Waals surface area contributed by atoms with Crippen LogP contribution in [-0.2, 0) is 0 Å². The molecule has 0 heterocycles. The molecule has 3 heteroatoms. The van der Waals surface area contributed by atoms with Gasteiger partial charge in [0.2, 0.25) is 0 Å². The van der Waals surface area contributed by atoms with E-state index in [9.17, 15) is 4.79 Å². The Labute approximate surface area is 114 Å². The van der Waals surface area contributed by atoms with Crippen molar-refractivity contribution in [2.45, 2.75) is 0 Å². The Kier molecular flexibility index (Phi) is 3.78. The van der Waals surface area contributed by atoms with Crippen LogP contribution in [0.25, 0.3) is 0 Å². The van der Waals surface area contributed by atoms with E-state index < -0.39 is 0 Å². The first-order valence-corrected chi connectivity index (χ1v) is 6.23. The van der Waals surface area contributed by atoms with Crippen molar-refractivity contribution in [2.75, 3.05) is 7.11 Å². The fourth-order valence-electron chi connectivity index (χ4n) is 1.60. The lowest BCUT2D eigenvalue weighted by Gasteiger charge is -2.08. The minimum absolute atomic E-state index is 0.0130. The molecule has 0 aliphatic heterocycles. The van der Waals surface area contributed by atoms with Crippen molar-refractivity contribution < 1.29 is 9.53 Å². The topological polar surface area (TPSA) is 26.3 Å². The predicted octanol–water partition coefficient (Wildman–Crippen LogP) is 3.53. The van der Waals surface area contributed by atoms with Gasteiger partial charge in [-0.2, -0.15) is 0 Å². The number of benzene rings is 2. The van der Waals surface area contributed by atoms with Gasteiger partial charge in [0.05, 0.1) is 12.7 Å². The number of ether oxygens (including phenoxy) is 1. The first kappa shape index (κ1) is 12.1. The Morgan fingerprint density at radius 1 is 1.12 bits per heavy atom. The first-order chi connectivity index (χ1) is 8.22. The Morgan fingerprint density at radius 3 is 2.47 bits per heavy atom. The van der Waals surface area contributed by atoms with Crippen LogP contribution in [0, 0.1) is 3.57 Å². The zero-order valence-corrected chi connectivity index (χ0v) is 11.5. The van der Waals surface area contributed by atoms with Crippen molar-refractivity contribution in [3.63, 3.8) is 0 Å². The van der Waals surface area contributed by atoms with Crippen LogP contribution in [0.2, 0.25) is 0 Å². The second-order valence-electron chi connectivity index (χ2n) is 3.54. The number of hydrogen-bond acceptors (Lipinski definition) is 2. The molecule has 17 heavy (non-hydrogen) atoms. The van der Waals surface area contributed by atoms with E-state index in [1.165, 1.54) is 0 Å². The molecule has 2 nitrogen and oxygen atoms in total. The van der Waals surface area contributed by atoms with Crippen molar-refractivity contribution >= 4 is 28.4 Å². The average Bonchev–Trinajstić information content (AvgIpc) is 2.39. The molecular weight excluding hydrogens is 327 g/mol. The molecule has 0 saturated carbocycles. The maximum Gasteiger partial charge on any atom is 0.196 e. The van der Waals surface area contributed by atoms with E-state index >= 15 is 0 Å². The number of hydrogen-bond donors (Lipinski definition) is 0. The smallest absolute Gasteiger partial charge is 0.196 e. The quantitative estimate of drug-likeness (QED) is 0.632. The Bertz CT molecular complexity index is 535. The summed E-state index contributed by atoms with van der Waals surface area (Å²) in [6.07, 6.45) is 0. The summed E-state index contributed by atoms with van der Waals surface area (Å²) in [5, 5.41) is 0. The number of carbonyl (C=O) groups excluding carboxylic acids is 1. The molecule has 0 aliphatic rings. The van der Waals surface area contributed by atoms with Crippen molar-refractivity contribution in [1.82, 2.24) is 0 Å². The molecule has 2 aromatic carbocycles. The lowest BCUT2D eigenvalue weighted by molar-refractivity contribution is 0.103. The van der Waals surface area contributed by atoms with Gasteiger partial charge >= 0.3 is 0 Å². The van der Waals surface area contributed by atoms with E-state index in [-0.39, 0.29) is 5.78 Å². The summed E-state index contributed by atoms with van der Waals surface area (Å²) in [7, 11) is 1.57. The molecule has 0 saturated heterocycles. The molecule has 0 aromatic heterocycles. The van der Waals surface area contributed by atoms with Gasteiger partial charge in [-0.25, -0.2) is 0 Å². The van der Waals surface area contributed by atoms with Gasteiger partial charge in [-0.05, 0) is 40.8 Å². The molecular formula is C14H11IO2. The van der Waals surface area contributed by atoms with Gasteiger partial charge in [0.15, 0.2) is 5.78 Å². The van der Waals surface area contributed by atoms with Crippen LogP contribution in [0.15, 0.2) is 48.5 Å². The van der Waals surface area contributed by atoms with E-state index in [0.29, 0.717) is 16.9 Å². The third-order valence-corrected chi connectivity index (χ3v) is 3.11. The third kappa shape index (κ3) is 2.66. The van der Waals surface area contributed by atoms with E-state index in [2.05, 4.69) is 22.6 Å². The van der Waals surface area contributed by atoms with Crippen molar-refractivity contribution in [3.05, 3.63) is 63.2 Å². The minimum Gasteiger partial charge on any atom is -0.496 e. The summed E-state index contributed by atoms with van der Waals surface area (Å²) in [5.41, 5.74) is 1.28. The molecule has 0 fully saturated rings. The number of rotatable bonds is 3. The molecule has 0 radical (unpaired) electrons. The molecule has 2 aromatic rings. The molecule has 0 aliphatic carbocycles. The maximum absolute atomic E-state index is 12.3. The zero-order valence-electron chi connectivity index (χ0n) is 9.31. The van der Waals surface area contributed by atoms with Crippen LogP contribution in [0.4, 0.5) is 0 Å². The van der Waals surface area contributed by atoms with E-state index in [1.807, 2.05) is 48.5 Å². The normalized spacial score (nSPS) is 10.0. The predicted molar refractivity (Wildman–Crippen MR) is 75.6 cm³/mol. The van der Waals surface area contributed by atoms with Crippen LogP contribution in [-0.4, -0.2) is 12.9 Å². The SMILES string of the molecule is COc1ccc(I)cc1C(=O)c1ccccc1. The van der Waals surface area contributed by atoms with Gasteiger partial charge < -0.3 is 4.74 Å². The molecule has 0 amide bonds. The Hall–Kier alpha value is -1.36. The molecule has 0 unspecified atom stereocenters. The first-order valence-electron chi connectivity index (χ1n) is 5.15. The highest BCUT2D eigenvalue weighted by Gasteiger charge is 2.14. The summed E-state index contributed by atoms with van der Waals surface area (Å²) in [4.78, 5) is 12.3. The van der Waals surface area contributed by atoms with Crippen molar-refractivity contribution in [1.29, 1.82) is 0 Å². The summed E-state index contributed by atoms with van der Waals surface area (Å²) in [6.45, 7) is 0. The Morgan fingerprint density at radius 2 is 1.82 bits per heavy atom. The molecule has 0 bridgehead atoms. The highest BCUT2D eigenvalue weighted by molar-refractivity contribution is 14.1. The second kappa shape index (κ2) is 5.31. The monoisotopic (exact) mass is 338 g/mol. The average molecular weight is 338 g/mol. The van der Waals surface area contributed by atoms with Crippen molar-refractivity contribution in [2.24, 2.45) is 0 Å². The maximum atomic E-state index is 12.3. The number of methoxy groups -OCH3 is 1. The van der Waals surface area contributed by atoms with E-state index in [4.69, 9.17) is 4.74 Å². The lowest BCUT2D eigenvalue weighted by atomic mass is 10.0. The van der Waals surface area contributed by atoms with Crippen LogP contribution in [0.1, 0.15) is 15.9 Å². The van der Waals surface area contributed by atoms with Crippen LogP contribution >= 0.6 is 22.6 Å². The van der Waals surface area contributed by atoms with Crippen LogP contribution in [0.5, 0.6) is 5.75 Å². The zero-order chi connectivity index (χ0) is 12.3. The van der Waals surface area contributed by atoms with Gasteiger partial charge in [0, 0.05) is 9.13 Å². The van der Waals surface area contributed by atoms with Crippen LogP contribution < -0.4 is 4.74 Å². The fourth-order valence-corrected chi connectivity index (χ4v) is 2.09. The van der Waals surface area contributed by atoms with Crippen LogP contribution in [0.3, 0.4) is 0 Å². The summed E-state index contributed by atoms with van der Waals surface area (Å²) in [5.74, 6) is 0.597. The van der Waals surface area contributed by atoms with Gasteiger partial charge in [0.25, 0.3) is 0 Å². The lowest BCUT2D eigenvalue weighted by Crippen LogP contribution is -2.04. The fraction of sp³-hybridized carbons (Fsp3) is 0.0714. The third-order valence-electron chi connectivity index (χ3n) is 2.44. The standard InChI is InChI=1S/C14H11IO2/c1-17-13-8-7-11(15)9-12(13)14(16)10-5-3-2-4-6-10/h2-9H,1H3. The minimum atomic E-state index is -0.0130. The van der Waals surface area contributed by atoms with Gasteiger partial charge in [-0.1, -0.05) is 30.3 Å². The van der Waals surface area contributed by atoms with Crippen molar-refractivity contribution in [3.8, 4) is 5.75 Å². The van der Waals surface area contributed by atoms with Gasteiger partial charge in [0.1, 0.15) is 5.75 Å².